The summed E-state index contributed by atoms with van der Waals surface area (Å²) in [6.45, 7) is 0.757. The second-order valence-corrected chi connectivity index (χ2v) is 4.09. The van der Waals surface area contributed by atoms with E-state index < -0.39 is 0 Å². The fraction of sp³-hybridized carbons (Fsp3) is 0.375. The molecule has 0 atom stereocenters. The first kappa shape index (κ1) is 11.5. The predicted molar refractivity (Wildman–Crippen MR) is 54.6 cm³/mol. The van der Waals surface area contributed by atoms with Crippen molar-refractivity contribution in [3.63, 3.8) is 0 Å². The Balaban J connectivity index is 2.29. The molecule has 1 aromatic heterocycles. The molecule has 6 heteroatoms. The summed E-state index contributed by atoms with van der Waals surface area (Å²) < 4.78 is 5.31. The van der Waals surface area contributed by atoms with Gasteiger partial charge in [0.2, 0.25) is 0 Å². The van der Waals surface area contributed by atoms with Gasteiger partial charge in [-0.2, -0.15) is 0 Å². The zero-order chi connectivity index (χ0) is 10.4. The number of rotatable bonds is 5. The Labute approximate surface area is 90.7 Å². The van der Waals surface area contributed by atoms with Crippen LogP contribution in [0, 0.1) is 0 Å². The van der Waals surface area contributed by atoms with E-state index in [9.17, 15) is 4.79 Å². The molecule has 0 bridgehead atoms. The molecule has 1 aromatic rings. The van der Waals surface area contributed by atoms with Crippen LogP contribution >= 0.6 is 22.9 Å². The molecule has 1 rings (SSSR count). The summed E-state index contributed by atoms with van der Waals surface area (Å²) in [6.07, 6.45) is 0. The van der Waals surface area contributed by atoms with Crippen LogP contribution in [0.5, 0.6) is 0 Å². The quantitative estimate of drug-likeness (QED) is 0.624. The van der Waals surface area contributed by atoms with E-state index in [0.717, 1.165) is 0 Å². The maximum atomic E-state index is 11.3. The largest absolute Gasteiger partial charge is 0.382 e. The SMILES string of the molecule is COCCONC(=O)c1ccc(Cl)s1. The zero-order valence-corrected chi connectivity index (χ0v) is 9.15. The lowest BCUT2D eigenvalue weighted by atomic mass is 10.5. The topological polar surface area (TPSA) is 47.6 Å². The average Bonchev–Trinajstić information content (AvgIpc) is 2.59. The van der Waals surface area contributed by atoms with Crippen LogP contribution in [0.3, 0.4) is 0 Å². The summed E-state index contributed by atoms with van der Waals surface area (Å²) in [5.41, 5.74) is 2.28. The highest BCUT2D eigenvalue weighted by Gasteiger charge is 2.07. The molecule has 1 heterocycles. The van der Waals surface area contributed by atoms with Gasteiger partial charge in [0.1, 0.15) is 0 Å². The van der Waals surface area contributed by atoms with E-state index in [4.69, 9.17) is 21.2 Å². The third kappa shape index (κ3) is 3.63. The smallest absolute Gasteiger partial charge is 0.284 e. The van der Waals surface area contributed by atoms with Crippen molar-refractivity contribution in [2.45, 2.75) is 0 Å². The zero-order valence-electron chi connectivity index (χ0n) is 7.58. The molecule has 0 unspecified atom stereocenters. The molecule has 78 valence electrons. The summed E-state index contributed by atoms with van der Waals surface area (Å²) in [6, 6.07) is 3.30. The van der Waals surface area contributed by atoms with Crippen LogP contribution in [0.15, 0.2) is 12.1 Å². The van der Waals surface area contributed by atoms with Crippen molar-refractivity contribution in [1.82, 2.24) is 5.48 Å². The molecule has 0 saturated heterocycles. The predicted octanol–water partition coefficient (Wildman–Crippen LogP) is 1.71. The number of thiophene rings is 1. The summed E-state index contributed by atoms with van der Waals surface area (Å²) in [4.78, 5) is 16.7. The molecule has 0 radical (unpaired) electrons. The highest BCUT2D eigenvalue weighted by Crippen LogP contribution is 2.20. The van der Waals surface area contributed by atoms with Crippen molar-refractivity contribution < 1.29 is 14.4 Å². The average molecular weight is 236 g/mol. The van der Waals surface area contributed by atoms with Crippen molar-refractivity contribution in [1.29, 1.82) is 0 Å². The van der Waals surface area contributed by atoms with Crippen molar-refractivity contribution in [3.05, 3.63) is 21.3 Å². The van der Waals surface area contributed by atoms with Crippen LogP contribution in [-0.2, 0) is 9.57 Å². The first-order valence-corrected chi connectivity index (χ1v) is 5.10. The number of methoxy groups -OCH3 is 1. The molecule has 0 aliphatic carbocycles. The van der Waals surface area contributed by atoms with Crippen molar-refractivity contribution in [3.8, 4) is 0 Å². The number of ether oxygens (including phenoxy) is 1. The lowest BCUT2D eigenvalue weighted by Gasteiger charge is -2.02. The molecular weight excluding hydrogens is 226 g/mol. The molecule has 0 spiro atoms. The minimum Gasteiger partial charge on any atom is -0.382 e. The highest BCUT2D eigenvalue weighted by molar-refractivity contribution is 7.17. The Morgan fingerprint density at radius 3 is 2.93 bits per heavy atom. The minimum atomic E-state index is -0.294. The Kier molecular flexibility index (Phi) is 4.89. The van der Waals surface area contributed by atoms with Crippen LogP contribution in [0.1, 0.15) is 9.67 Å². The summed E-state index contributed by atoms with van der Waals surface area (Å²) in [7, 11) is 1.56. The third-order valence-electron chi connectivity index (χ3n) is 1.35. The van der Waals surface area contributed by atoms with E-state index in [2.05, 4.69) is 5.48 Å². The van der Waals surface area contributed by atoms with E-state index in [1.54, 1.807) is 19.2 Å². The van der Waals surface area contributed by atoms with E-state index in [0.29, 0.717) is 22.4 Å². The van der Waals surface area contributed by atoms with Crippen molar-refractivity contribution in [2.75, 3.05) is 20.3 Å². The number of nitrogens with one attached hydrogen (secondary N) is 1. The second kappa shape index (κ2) is 5.98. The highest BCUT2D eigenvalue weighted by atomic mass is 35.5. The normalized spacial score (nSPS) is 10.1. The Hall–Kier alpha value is -0.620. The van der Waals surface area contributed by atoms with E-state index in [1.807, 2.05) is 0 Å². The number of carbonyl (C=O) groups is 1. The number of carbonyl (C=O) groups excluding carboxylic acids is 1. The lowest BCUT2D eigenvalue weighted by molar-refractivity contribution is 0.00915. The number of hydroxylamine groups is 1. The van der Waals surface area contributed by atoms with Gasteiger partial charge in [0.05, 0.1) is 22.4 Å². The van der Waals surface area contributed by atoms with Crippen LogP contribution in [0.25, 0.3) is 0 Å². The van der Waals surface area contributed by atoms with Gasteiger partial charge in [-0.25, -0.2) is 5.48 Å². The van der Waals surface area contributed by atoms with Gasteiger partial charge in [-0.15, -0.1) is 11.3 Å². The van der Waals surface area contributed by atoms with Crippen LogP contribution in [0.4, 0.5) is 0 Å². The number of hydrogen-bond acceptors (Lipinski definition) is 4. The molecule has 0 saturated carbocycles. The molecule has 0 aliphatic rings. The van der Waals surface area contributed by atoms with Crippen LogP contribution in [0.2, 0.25) is 4.34 Å². The molecule has 0 aromatic carbocycles. The fourth-order valence-corrected chi connectivity index (χ4v) is 1.66. The van der Waals surface area contributed by atoms with E-state index >= 15 is 0 Å². The van der Waals surface area contributed by atoms with Gasteiger partial charge in [0, 0.05) is 7.11 Å². The number of hydrogen-bond donors (Lipinski definition) is 1. The summed E-state index contributed by atoms with van der Waals surface area (Å²) in [5, 5.41) is 0. The van der Waals surface area contributed by atoms with Gasteiger partial charge in [-0.3, -0.25) is 9.63 Å². The number of halogens is 1. The molecule has 1 amide bonds. The minimum absolute atomic E-state index is 0.294. The molecule has 0 aliphatic heterocycles. The van der Waals surface area contributed by atoms with Gasteiger partial charge < -0.3 is 4.74 Å². The van der Waals surface area contributed by atoms with Crippen LogP contribution in [-0.4, -0.2) is 26.2 Å². The van der Waals surface area contributed by atoms with Crippen molar-refractivity contribution in [2.24, 2.45) is 0 Å². The third-order valence-corrected chi connectivity index (χ3v) is 2.58. The molecule has 1 N–H and O–H groups in total. The molecule has 14 heavy (non-hydrogen) atoms. The van der Waals surface area contributed by atoms with Gasteiger partial charge >= 0.3 is 0 Å². The Morgan fingerprint density at radius 1 is 1.57 bits per heavy atom. The standard InChI is InChI=1S/C8H10ClNO3S/c1-12-4-5-13-10-8(11)6-2-3-7(9)14-6/h2-3H,4-5H2,1H3,(H,10,11). The van der Waals surface area contributed by atoms with E-state index in [1.165, 1.54) is 11.3 Å². The van der Waals surface area contributed by atoms with Crippen LogP contribution < -0.4 is 5.48 Å². The molecule has 0 fully saturated rings. The molecule has 4 nitrogen and oxygen atoms in total. The Bertz CT molecular complexity index is 303. The van der Waals surface area contributed by atoms with Gasteiger partial charge in [-0.1, -0.05) is 11.6 Å². The first-order chi connectivity index (χ1) is 6.74. The summed E-state index contributed by atoms with van der Waals surface area (Å²) in [5.74, 6) is -0.294. The van der Waals surface area contributed by atoms with E-state index in [-0.39, 0.29) is 5.91 Å². The lowest BCUT2D eigenvalue weighted by Crippen LogP contribution is -2.24. The van der Waals surface area contributed by atoms with Gasteiger partial charge in [-0.05, 0) is 12.1 Å². The fourth-order valence-electron chi connectivity index (χ4n) is 0.728. The van der Waals surface area contributed by atoms with Gasteiger partial charge in [0.15, 0.2) is 0 Å². The number of amides is 1. The van der Waals surface area contributed by atoms with Crippen molar-refractivity contribution >= 4 is 28.8 Å². The maximum absolute atomic E-state index is 11.3. The maximum Gasteiger partial charge on any atom is 0.284 e. The molecular formula is C8H10ClNO3S. The van der Waals surface area contributed by atoms with Gasteiger partial charge in [0.25, 0.3) is 5.91 Å². The summed E-state index contributed by atoms with van der Waals surface area (Å²) >= 11 is 6.87. The first-order valence-electron chi connectivity index (χ1n) is 3.90. The Morgan fingerprint density at radius 2 is 2.36 bits per heavy atom. The monoisotopic (exact) mass is 235 g/mol. The second-order valence-electron chi connectivity index (χ2n) is 2.38.